The molecule has 11 heteroatoms. The molecule has 0 saturated carbocycles. The lowest BCUT2D eigenvalue weighted by molar-refractivity contribution is -0.140. The molecule has 0 radical (unpaired) electrons. The molecule has 2 N–H and O–H groups in total. The van der Waals surface area contributed by atoms with Crippen molar-refractivity contribution in [3.8, 4) is 11.5 Å². The van der Waals surface area contributed by atoms with Crippen molar-refractivity contribution in [2.24, 2.45) is 0 Å². The Balaban J connectivity index is 1.60. The fraction of sp³-hybridized carbons (Fsp3) is 0.391. The van der Waals surface area contributed by atoms with Gasteiger partial charge in [-0.3, -0.25) is 9.59 Å². The first kappa shape index (κ1) is 25.5. The summed E-state index contributed by atoms with van der Waals surface area (Å²) in [6.45, 7) is 2.33. The topological polar surface area (TPSA) is 123 Å². The minimum Gasteiger partial charge on any atom is -0.497 e. The van der Waals surface area contributed by atoms with Gasteiger partial charge in [0.15, 0.2) is 0 Å². The second-order valence-corrected chi connectivity index (χ2v) is 9.56. The molecule has 0 aliphatic carbocycles. The van der Waals surface area contributed by atoms with Crippen LogP contribution in [0.4, 0.5) is 0 Å². The summed E-state index contributed by atoms with van der Waals surface area (Å²) in [6, 6.07) is 11.6. The molecule has 3 rings (SSSR count). The number of carbonyl (C=O) groups is 2. The summed E-state index contributed by atoms with van der Waals surface area (Å²) in [6.07, 6.45) is -0.416. The van der Waals surface area contributed by atoms with E-state index in [1.165, 1.54) is 23.5 Å². The largest absolute Gasteiger partial charge is 0.497 e. The molecule has 10 nitrogen and oxygen atoms in total. The molecule has 2 aromatic rings. The zero-order chi connectivity index (χ0) is 24.7. The average Bonchev–Trinajstić information content (AvgIpc) is 2.86. The van der Waals surface area contributed by atoms with Crippen LogP contribution in [0.2, 0.25) is 0 Å². The Bertz CT molecular complexity index is 1120. The number of nitrogens with one attached hydrogen (secondary N) is 2. The van der Waals surface area contributed by atoms with Gasteiger partial charge in [-0.2, -0.15) is 4.31 Å². The minimum absolute atomic E-state index is 0.102. The number of carbonyl (C=O) groups excluding carboxylic acids is 2. The smallest absolute Gasteiger partial charge is 0.309 e. The Morgan fingerprint density at radius 3 is 2.41 bits per heavy atom. The number of ether oxygens (including phenoxy) is 3. The SMILES string of the molecule is COc1ccc(CNC(=O)C(=O)NCC2OCCCN2S(=O)(=O)c2ccc(OC)c(C)c2)cc1. The third kappa shape index (κ3) is 6.04. The normalized spacial score (nSPS) is 16.5. The summed E-state index contributed by atoms with van der Waals surface area (Å²) in [5.41, 5.74) is 1.48. The lowest BCUT2D eigenvalue weighted by Gasteiger charge is -2.34. The fourth-order valence-corrected chi connectivity index (χ4v) is 5.17. The van der Waals surface area contributed by atoms with Crippen molar-refractivity contribution in [1.29, 1.82) is 0 Å². The number of sulfonamides is 1. The number of nitrogens with zero attached hydrogens (tertiary/aromatic N) is 1. The summed E-state index contributed by atoms with van der Waals surface area (Å²) in [5, 5.41) is 5.00. The molecule has 1 saturated heterocycles. The van der Waals surface area contributed by atoms with Gasteiger partial charge in [0.2, 0.25) is 10.0 Å². The Morgan fingerprint density at radius 1 is 1.06 bits per heavy atom. The van der Waals surface area contributed by atoms with E-state index in [2.05, 4.69) is 10.6 Å². The number of hydrogen-bond donors (Lipinski definition) is 2. The first-order valence-corrected chi connectivity index (χ1v) is 12.2. The van der Waals surface area contributed by atoms with E-state index >= 15 is 0 Å². The third-order valence-corrected chi connectivity index (χ3v) is 7.27. The molecular weight excluding hydrogens is 462 g/mol. The maximum atomic E-state index is 13.2. The van der Waals surface area contributed by atoms with Gasteiger partial charge >= 0.3 is 11.8 Å². The molecule has 0 spiro atoms. The highest BCUT2D eigenvalue weighted by Crippen LogP contribution is 2.26. The van der Waals surface area contributed by atoms with Crippen LogP contribution in [0.3, 0.4) is 0 Å². The van der Waals surface area contributed by atoms with Gasteiger partial charge in [0.25, 0.3) is 0 Å². The number of methoxy groups -OCH3 is 2. The van der Waals surface area contributed by atoms with Gasteiger partial charge in [-0.25, -0.2) is 8.42 Å². The van der Waals surface area contributed by atoms with Crippen molar-refractivity contribution < 1.29 is 32.2 Å². The molecule has 1 heterocycles. The number of amides is 2. The predicted molar refractivity (Wildman–Crippen MR) is 124 cm³/mol. The van der Waals surface area contributed by atoms with Crippen LogP contribution in [-0.4, -0.2) is 64.7 Å². The van der Waals surface area contributed by atoms with Crippen LogP contribution in [0.5, 0.6) is 11.5 Å². The highest BCUT2D eigenvalue weighted by Gasteiger charge is 2.35. The van der Waals surface area contributed by atoms with Crippen LogP contribution in [0, 0.1) is 6.92 Å². The maximum Gasteiger partial charge on any atom is 0.309 e. The quantitative estimate of drug-likeness (QED) is 0.532. The standard InChI is InChI=1S/C23H29N3O7S/c1-16-13-19(9-10-20(16)32-3)34(29,30)26-11-4-12-33-21(26)15-25-23(28)22(27)24-14-17-5-7-18(31-2)8-6-17/h5-10,13,21H,4,11-12,14-15H2,1-3H3,(H,24,27)(H,25,28). The van der Waals surface area contributed by atoms with E-state index in [1.54, 1.807) is 44.4 Å². The second kappa shape index (κ2) is 11.3. The molecule has 1 atom stereocenters. The van der Waals surface area contributed by atoms with E-state index in [1.807, 2.05) is 0 Å². The van der Waals surface area contributed by atoms with E-state index in [9.17, 15) is 18.0 Å². The third-order valence-electron chi connectivity index (χ3n) is 5.38. The number of hydrogen-bond acceptors (Lipinski definition) is 7. The maximum absolute atomic E-state index is 13.2. The van der Waals surface area contributed by atoms with E-state index in [0.29, 0.717) is 30.1 Å². The second-order valence-electron chi connectivity index (χ2n) is 7.67. The van der Waals surface area contributed by atoms with Crippen molar-refractivity contribution >= 4 is 21.8 Å². The number of rotatable bonds is 8. The lowest BCUT2D eigenvalue weighted by Crippen LogP contribution is -2.53. The Kier molecular flexibility index (Phi) is 8.48. The summed E-state index contributed by atoms with van der Waals surface area (Å²) >= 11 is 0. The molecule has 0 bridgehead atoms. The van der Waals surface area contributed by atoms with Gasteiger partial charge in [0, 0.05) is 13.1 Å². The van der Waals surface area contributed by atoms with Crippen molar-refractivity contribution in [2.45, 2.75) is 31.0 Å². The van der Waals surface area contributed by atoms with Crippen LogP contribution < -0.4 is 20.1 Å². The molecule has 2 aromatic carbocycles. The highest BCUT2D eigenvalue weighted by molar-refractivity contribution is 7.89. The summed E-state index contributed by atoms with van der Waals surface area (Å²) < 4.78 is 43.6. The van der Waals surface area contributed by atoms with Gasteiger partial charge < -0.3 is 24.8 Å². The van der Waals surface area contributed by atoms with Gasteiger partial charge in [-0.05, 0) is 54.8 Å². The van der Waals surface area contributed by atoms with E-state index in [4.69, 9.17) is 14.2 Å². The van der Waals surface area contributed by atoms with Crippen LogP contribution in [0.25, 0.3) is 0 Å². The van der Waals surface area contributed by atoms with Crippen LogP contribution in [0.1, 0.15) is 17.5 Å². The fourth-order valence-electron chi connectivity index (χ4n) is 3.52. The lowest BCUT2D eigenvalue weighted by atomic mass is 10.2. The first-order chi connectivity index (χ1) is 16.3. The van der Waals surface area contributed by atoms with Crippen LogP contribution in [-0.2, 0) is 30.9 Å². The van der Waals surface area contributed by atoms with Crippen molar-refractivity contribution in [2.75, 3.05) is 33.9 Å². The molecule has 1 aliphatic rings. The van der Waals surface area contributed by atoms with Gasteiger partial charge in [0.05, 0.1) is 32.3 Å². The highest BCUT2D eigenvalue weighted by atomic mass is 32.2. The molecule has 1 unspecified atom stereocenters. The first-order valence-electron chi connectivity index (χ1n) is 10.7. The zero-order valence-corrected chi connectivity index (χ0v) is 20.2. The van der Waals surface area contributed by atoms with Crippen LogP contribution >= 0.6 is 0 Å². The summed E-state index contributed by atoms with van der Waals surface area (Å²) in [7, 11) is -0.816. The zero-order valence-electron chi connectivity index (χ0n) is 19.4. The Morgan fingerprint density at radius 2 is 1.76 bits per heavy atom. The van der Waals surface area contributed by atoms with Crippen molar-refractivity contribution in [3.05, 3.63) is 53.6 Å². The van der Waals surface area contributed by atoms with E-state index in [0.717, 1.165) is 5.56 Å². The van der Waals surface area contributed by atoms with Crippen molar-refractivity contribution in [1.82, 2.24) is 14.9 Å². The van der Waals surface area contributed by atoms with Gasteiger partial charge in [-0.15, -0.1) is 0 Å². The Hall–Kier alpha value is -3.15. The predicted octanol–water partition coefficient (Wildman–Crippen LogP) is 1.18. The van der Waals surface area contributed by atoms with Gasteiger partial charge in [-0.1, -0.05) is 12.1 Å². The minimum atomic E-state index is -3.89. The summed E-state index contributed by atoms with van der Waals surface area (Å²) in [4.78, 5) is 24.5. The molecular formula is C23H29N3O7S. The van der Waals surface area contributed by atoms with Gasteiger partial charge in [0.1, 0.15) is 17.7 Å². The van der Waals surface area contributed by atoms with E-state index in [-0.39, 0.29) is 24.5 Å². The molecule has 2 amide bonds. The summed E-state index contributed by atoms with van der Waals surface area (Å²) in [5.74, 6) is -0.435. The molecule has 1 aliphatic heterocycles. The monoisotopic (exact) mass is 491 g/mol. The van der Waals surface area contributed by atoms with Crippen molar-refractivity contribution in [3.63, 3.8) is 0 Å². The molecule has 1 fully saturated rings. The molecule has 34 heavy (non-hydrogen) atoms. The molecule has 184 valence electrons. The van der Waals surface area contributed by atoms with Crippen LogP contribution in [0.15, 0.2) is 47.4 Å². The number of aryl methyl sites for hydroxylation is 1. The number of benzene rings is 2. The molecule has 0 aromatic heterocycles. The average molecular weight is 492 g/mol. The Labute approximate surface area is 199 Å². The van der Waals surface area contributed by atoms with E-state index < -0.39 is 28.1 Å².